The molecular weight excluding hydrogens is 196 g/mol. The molecule has 0 N–H and O–H groups in total. The Balaban J connectivity index is 0.000000531. The van der Waals surface area contributed by atoms with Gasteiger partial charge < -0.3 is 8.83 Å². The molecule has 1 aromatic carbocycles. The molecule has 4 nitrogen and oxygen atoms in total. The first kappa shape index (κ1) is 11.2. The lowest BCUT2D eigenvalue weighted by atomic mass is 10.1. The maximum absolute atomic E-state index is 11.2. The summed E-state index contributed by atoms with van der Waals surface area (Å²) in [6, 6.07) is 5.01. The van der Waals surface area contributed by atoms with Crippen LogP contribution in [0.5, 0.6) is 0 Å². The van der Waals surface area contributed by atoms with E-state index in [1.54, 1.807) is 25.1 Å². The van der Waals surface area contributed by atoms with E-state index in [1.807, 2.05) is 13.8 Å². The third kappa shape index (κ3) is 2.15. The van der Waals surface area contributed by atoms with Crippen LogP contribution < -0.4 is 11.4 Å². The maximum atomic E-state index is 11.2. The lowest BCUT2D eigenvalue weighted by molar-refractivity contribution is 0.328. The molecule has 1 heterocycles. The van der Waals surface area contributed by atoms with E-state index in [4.69, 9.17) is 4.42 Å². The standard InChI is InChI=1S/C9H6O4.C2H6/c1-5-3-2-4-6-7(5)8(10)13-9(11)12-6;1-2/h2-4H,1H3;1-2H3. The number of aryl methyl sites for hydroxylation is 1. The fraction of sp³-hybridized carbons (Fsp3) is 0.273. The second kappa shape index (κ2) is 4.59. The van der Waals surface area contributed by atoms with Crippen LogP contribution in [0.25, 0.3) is 11.0 Å². The van der Waals surface area contributed by atoms with Gasteiger partial charge in [0.1, 0.15) is 11.0 Å². The molecule has 1 aromatic heterocycles. The summed E-state index contributed by atoms with van der Waals surface area (Å²) in [4.78, 5) is 21.9. The van der Waals surface area contributed by atoms with Crippen molar-refractivity contribution in [3.8, 4) is 0 Å². The molecule has 0 aliphatic rings. The molecule has 4 heteroatoms. The summed E-state index contributed by atoms with van der Waals surface area (Å²) < 4.78 is 8.99. The Labute approximate surface area is 86.1 Å². The highest BCUT2D eigenvalue weighted by molar-refractivity contribution is 5.78. The molecule has 80 valence electrons. The Hall–Kier alpha value is -1.84. The molecular formula is C11H12O4. The molecule has 0 saturated carbocycles. The molecule has 0 spiro atoms. The van der Waals surface area contributed by atoms with E-state index in [2.05, 4.69) is 4.42 Å². The Morgan fingerprint density at radius 2 is 1.73 bits per heavy atom. The van der Waals surface area contributed by atoms with E-state index in [-0.39, 0.29) is 5.58 Å². The quantitative estimate of drug-likeness (QED) is 0.665. The predicted octanol–water partition coefficient (Wildman–Crippen LogP) is 2.08. The molecule has 0 fully saturated rings. The normalized spacial score (nSPS) is 9.53. The summed E-state index contributed by atoms with van der Waals surface area (Å²) in [7, 11) is 0. The van der Waals surface area contributed by atoms with Gasteiger partial charge >= 0.3 is 11.4 Å². The van der Waals surface area contributed by atoms with Crippen molar-refractivity contribution < 1.29 is 8.83 Å². The molecule has 0 aliphatic heterocycles. The molecule has 0 saturated heterocycles. The molecule has 0 bridgehead atoms. The van der Waals surface area contributed by atoms with Crippen molar-refractivity contribution in [2.24, 2.45) is 0 Å². The summed E-state index contributed by atoms with van der Waals surface area (Å²) in [5.74, 6) is -0.969. The van der Waals surface area contributed by atoms with Gasteiger partial charge in [-0.2, -0.15) is 0 Å². The number of fused-ring (bicyclic) bond motifs is 1. The van der Waals surface area contributed by atoms with Gasteiger partial charge in [0.25, 0.3) is 0 Å². The average Bonchev–Trinajstić information content (AvgIpc) is 2.19. The van der Waals surface area contributed by atoms with E-state index in [0.717, 1.165) is 5.56 Å². The van der Waals surface area contributed by atoms with E-state index in [0.29, 0.717) is 5.39 Å². The van der Waals surface area contributed by atoms with Crippen molar-refractivity contribution in [3.63, 3.8) is 0 Å². The minimum absolute atomic E-state index is 0.265. The summed E-state index contributed by atoms with van der Waals surface area (Å²) in [6.07, 6.45) is 0. The maximum Gasteiger partial charge on any atom is 0.522 e. The highest BCUT2D eigenvalue weighted by Gasteiger charge is 2.05. The third-order valence-corrected chi connectivity index (χ3v) is 1.81. The fourth-order valence-corrected chi connectivity index (χ4v) is 1.22. The Morgan fingerprint density at radius 1 is 1.07 bits per heavy atom. The Bertz CT molecular complexity index is 563. The minimum Gasteiger partial charge on any atom is -0.394 e. The molecule has 15 heavy (non-hydrogen) atoms. The lowest BCUT2D eigenvalue weighted by Crippen LogP contribution is -2.10. The van der Waals surface area contributed by atoms with Crippen molar-refractivity contribution in [2.75, 3.05) is 0 Å². The molecule has 0 aliphatic carbocycles. The van der Waals surface area contributed by atoms with Gasteiger partial charge in [-0.05, 0) is 18.6 Å². The van der Waals surface area contributed by atoms with Crippen molar-refractivity contribution in [3.05, 3.63) is 44.8 Å². The smallest absolute Gasteiger partial charge is 0.394 e. The SMILES string of the molecule is CC.Cc1cccc2oc(=O)oc(=O)c12. The van der Waals surface area contributed by atoms with Gasteiger partial charge in [-0.15, -0.1) is 0 Å². The summed E-state index contributed by atoms with van der Waals surface area (Å²) in [5, 5.41) is 0.321. The van der Waals surface area contributed by atoms with Gasteiger partial charge in [0.05, 0.1) is 0 Å². The average molecular weight is 208 g/mol. The highest BCUT2D eigenvalue weighted by Crippen LogP contribution is 2.11. The van der Waals surface area contributed by atoms with Crippen molar-refractivity contribution >= 4 is 11.0 Å². The molecule has 0 radical (unpaired) electrons. The zero-order valence-corrected chi connectivity index (χ0v) is 8.87. The van der Waals surface area contributed by atoms with Crippen LogP contribution in [0.3, 0.4) is 0 Å². The summed E-state index contributed by atoms with van der Waals surface area (Å²) in [6.45, 7) is 5.75. The van der Waals surface area contributed by atoms with Gasteiger partial charge in [-0.1, -0.05) is 26.0 Å². The van der Waals surface area contributed by atoms with Gasteiger partial charge in [-0.3, -0.25) is 0 Å². The second-order valence-electron chi connectivity index (χ2n) is 2.69. The number of hydrogen-bond donors (Lipinski definition) is 0. The van der Waals surface area contributed by atoms with E-state index in [1.165, 1.54) is 0 Å². The topological polar surface area (TPSA) is 60.4 Å². The largest absolute Gasteiger partial charge is 0.522 e. The van der Waals surface area contributed by atoms with Crippen LogP contribution in [0.4, 0.5) is 0 Å². The number of benzene rings is 1. The van der Waals surface area contributed by atoms with Crippen molar-refractivity contribution in [1.29, 1.82) is 0 Å². The van der Waals surface area contributed by atoms with Crippen LogP contribution in [0.15, 0.2) is 36.6 Å². The van der Waals surface area contributed by atoms with E-state index < -0.39 is 11.4 Å². The number of rotatable bonds is 0. The third-order valence-electron chi connectivity index (χ3n) is 1.81. The zero-order chi connectivity index (χ0) is 11.4. The van der Waals surface area contributed by atoms with Crippen molar-refractivity contribution in [2.45, 2.75) is 20.8 Å². The van der Waals surface area contributed by atoms with Gasteiger partial charge in [0.15, 0.2) is 0 Å². The second-order valence-corrected chi connectivity index (χ2v) is 2.69. The first-order valence-electron chi connectivity index (χ1n) is 4.72. The predicted molar refractivity (Wildman–Crippen MR) is 57.1 cm³/mol. The minimum atomic E-state index is -0.969. The first-order chi connectivity index (χ1) is 7.18. The Kier molecular flexibility index (Phi) is 3.44. The number of hydrogen-bond acceptors (Lipinski definition) is 4. The highest BCUT2D eigenvalue weighted by atomic mass is 16.6. The van der Waals surface area contributed by atoms with Gasteiger partial charge in [0.2, 0.25) is 0 Å². The molecule has 0 unspecified atom stereocenters. The lowest BCUT2D eigenvalue weighted by Gasteiger charge is -1.95. The molecule has 0 amide bonds. The van der Waals surface area contributed by atoms with E-state index >= 15 is 0 Å². The van der Waals surface area contributed by atoms with Crippen LogP contribution in [-0.2, 0) is 0 Å². The van der Waals surface area contributed by atoms with E-state index in [9.17, 15) is 9.59 Å². The summed E-state index contributed by atoms with van der Waals surface area (Å²) >= 11 is 0. The summed E-state index contributed by atoms with van der Waals surface area (Å²) in [5.41, 5.74) is 0.348. The molecule has 2 rings (SSSR count). The van der Waals surface area contributed by atoms with Gasteiger partial charge in [-0.25, -0.2) is 9.59 Å². The van der Waals surface area contributed by atoms with Crippen LogP contribution in [-0.4, -0.2) is 0 Å². The van der Waals surface area contributed by atoms with Crippen LogP contribution >= 0.6 is 0 Å². The van der Waals surface area contributed by atoms with Crippen LogP contribution in [0.1, 0.15) is 19.4 Å². The van der Waals surface area contributed by atoms with Crippen LogP contribution in [0, 0.1) is 6.92 Å². The fourth-order valence-electron chi connectivity index (χ4n) is 1.22. The molecule has 2 aromatic rings. The zero-order valence-electron chi connectivity index (χ0n) is 8.87. The van der Waals surface area contributed by atoms with Gasteiger partial charge in [0, 0.05) is 0 Å². The Morgan fingerprint density at radius 3 is 2.40 bits per heavy atom. The van der Waals surface area contributed by atoms with Crippen LogP contribution in [0.2, 0.25) is 0 Å². The molecule has 0 atom stereocenters. The monoisotopic (exact) mass is 208 g/mol. The van der Waals surface area contributed by atoms with Crippen molar-refractivity contribution in [1.82, 2.24) is 0 Å². The first-order valence-corrected chi connectivity index (χ1v) is 4.72.